The number of pyridine rings is 1. The molecule has 3 fully saturated rings. The number of rotatable bonds is 4. The fourth-order valence-electron chi connectivity index (χ4n) is 6.06. The van der Waals surface area contributed by atoms with Crippen LogP contribution in [0, 0.1) is 17.7 Å². The number of hydrogen-bond donors (Lipinski definition) is 1. The van der Waals surface area contributed by atoms with E-state index in [9.17, 15) is 22.4 Å². The Morgan fingerprint density at radius 3 is 2.82 bits per heavy atom. The molecule has 5 rings (SSSR count). The van der Waals surface area contributed by atoms with Gasteiger partial charge in [0, 0.05) is 30.3 Å². The highest BCUT2D eigenvalue weighted by molar-refractivity contribution is 5.83. The molecule has 2 saturated heterocycles. The quantitative estimate of drug-likeness (QED) is 0.626. The summed E-state index contributed by atoms with van der Waals surface area (Å²) in [4.78, 5) is 18.3. The molecule has 0 bridgehead atoms. The van der Waals surface area contributed by atoms with E-state index in [2.05, 4.69) is 24.1 Å². The molecule has 1 aromatic carbocycles. The van der Waals surface area contributed by atoms with Crippen molar-refractivity contribution >= 4 is 16.8 Å². The van der Waals surface area contributed by atoms with Gasteiger partial charge >= 0.3 is 6.18 Å². The van der Waals surface area contributed by atoms with Crippen LogP contribution >= 0.6 is 0 Å². The van der Waals surface area contributed by atoms with Crippen LogP contribution in [0.5, 0.6) is 0 Å². The van der Waals surface area contributed by atoms with Crippen LogP contribution < -0.4 is 5.32 Å². The average molecular weight is 480 g/mol. The number of alkyl halides is 3. The van der Waals surface area contributed by atoms with Crippen LogP contribution in [0.15, 0.2) is 24.3 Å². The van der Waals surface area contributed by atoms with Crippen LogP contribution in [0.1, 0.15) is 57.2 Å². The Labute approximate surface area is 195 Å². The Morgan fingerprint density at radius 1 is 1.29 bits per heavy atom. The van der Waals surface area contributed by atoms with Gasteiger partial charge in [0.1, 0.15) is 22.8 Å². The van der Waals surface area contributed by atoms with Gasteiger partial charge in [0.05, 0.1) is 12.6 Å². The first-order valence-electron chi connectivity index (χ1n) is 11.9. The average Bonchev–Trinajstić information content (AvgIpc) is 3.18. The number of halogens is 4. The molecule has 4 atom stereocenters. The Kier molecular flexibility index (Phi) is 5.83. The number of ether oxygens (including phenoxy) is 1. The van der Waals surface area contributed by atoms with Crippen molar-refractivity contribution in [3.63, 3.8) is 0 Å². The molecule has 1 N–H and O–H groups in total. The van der Waals surface area contributed by atoms with E-state index in [1.54, 1.807) is 6.07 Å². The maximum atomic E-state index is 14.3. The summed E-state index contributed by atoms with van der Waals surface area (Å²) in [6.07, 6.45) is -1.20. The summed E-state index contributed by atoms with van der Waals surface area (Å²) in [5, 5.41) is 3.78. The molecule has 3 heterocycles. The maximum absolute atomic E-state index is 14.3. The number of benzene rings is 1. The smallest absolute Gasteiger partial charge is 0.353 e. The topological polar surface area (TPSA) is 54.5 Å². The van der Waals surface area contributed by atoms with Gasteiger partial charge in [-0.3, -0.25) is 4.79 Å². The fourth-order valence-corrected chi connectivity index (χ4v) is 6.06. The predicted octanol–water partition coefficient (Wildman–Crippen LogP) is 5.02. The van der Waals surface area contributed by atoms with E-state index >= 15 is 0 Å². The summed E-state index contributed by atoms with van der Waals surface area (Å²) >= 11 is 0. The van der Waals surface area contributed by atoms with Gasteiger partial charge in [0.2, 0.25) is 5.91 Å². The van der Waals surface area contributed by atoms with Crippen LogP contribution in [0.3, 0.4) is 0 Å². The van der Waals surface area contributed by atoms with Crippen molar-refractivity contribution in [2.45, 2.75) is 76.5 Å². The number of carbonyl (C=O) groups is 1. The number of nitrogens with one attached hydrogen (secondary N) is 1. The van der Waals surface area contributed by atoms with Crippen LogP contribution in [0.25, 0.3) is 10.9 Å². The number of piperidine rings is 1. The molecular formula is C25H29F4N3O2. The Morgan fingerprint density at radius 2 is 2.09 bits per heavy atom. The SMILES string of the molecule is CC(C)[C@H]1CO[C@]23CC[C@H](NCc4cc(C(F)(F)F)nc5c(F)cccc45)C[C@H]2CCC(=O)N13. The van der Waals surface area contributed by atoms with Crippen molar-refractivity contribution in [2.24, 2.45) is 11.8 Å². The van der Waals surface area contributed by atoms with Crippen LogP contribution in [-0.4, -0.2) is 40.2 Å². The minimum Gasteiger partial charge on any atom is -0.353 e. The Hall–Kier alpha value is -2.26. The number of amides is 1. The highest BCUT2D eigenvalue weighted by Crippen LogP contribution is 2.50. The normalized spacial score (nSPS) is 29.6. The standard InChI is InChI=1S/C25H29F4N3O2/c1-14(2)20-13-34-24-9-8-17(11-16(24)6-7-22(33)32(20)24)30-12-15-10-21(25(27,28)29)31-23-18(15)4-3-5-19(23)26/h3-5,10,14,16-17,20,30H,6-9,11-13H2,1-2H3/t16-,17+,20-,24-/m1/s1. The van der Waals surface area contributed by atoms with Gasteiger partial charge in [0.15, 0.2) is 0 Å². The number of para-hydroxylation sites is 1. The van der Waals surface area contributed by atoms with Gasteiger partial charge in [-0.05, 0) is 49.3 Å². The maximum Gasteiger partial charge on any atom is 0.433 e. The van der Waals surface area contributed by atoms with Gasteiger partial charge in [-0.15, -0.1) is 0 Å². The van der Waals surface area contributed by atoms with Gasteiger partial charge < -0.3 is 15.0 Å². The lowest BCUT2D eigenvalue weighted by Gasteiger charge is -2.52. The molecule has 2 aliphatic heterocycles. The highest BCUT2D eigenvalue weighted by atomic mass is 19.4. The zero-order valence-corrected chi connectivity index (χ0v) is 19.3. The van der Waals surface area contributed by atoms with E-state index in [0.29, 0.717) is 36.3 Å². The summed E-state index contributed by atoms with van der Waals surface area (Å²) < 4.78 is 60.8. The summed E-state index contributed by atoms with van der Waals surface area (Å²) in [5.74, 6) is -0.128. The Balaban J connectivity index is 1.35. The molecular weight excluding hydrogens is 450 g/mol. The van der Waals surface area contributed by atoms with Crippen molar-refractivity contribution in [1.82, 2.24) is 15.2 Å². The molecule has 1 saturated carbocycles. The lowest BCUT2D eigenvalue weighted by atomic mass is 9.72. The lowest BCUT2D eigenvalue weighted by molar-refractivity contribution is -0.188. The fraction of sp³-hybridized carbons (Fsp3) is 0.600. The predicted molar refractivity (Wildman–Crippen MR) is 118 cm³/mol. The number of carbonyl (C=O) groups excluding carboxylic acids is 1. The summed E-state index contributed by atoms with van der Waals surface area (Å²) in [7, 11) is 0. The number of nitrogens with zero attached hydrogens (tertiary/aromatic N) is 2. The summed E-state index contributed by atoms with van der Waals surface area (Å²) in [6, 6.07) is 5.36. The molecule has 5 nitrogen and oxygen atoms in total. The molecule has 3 aliphatic rings. The molecule has 9 heteroatoms. The van der Waals surface area contributed by atoms with E-state index in [4.69, 9.17) is 4.74 Å². The number of hydrogen-bond acceptors (Lipinski definition) is 4. The largest absolute Gasteiger partial charge is 0.433 e. The molecule has 2 aromatic rings. The second kappa shape index (κ2) is 8.45. The zero-order chi connectivity index (χ0) is 24.3. The van der Waals surface area contributed by atoms with Crippen LogP contribution in [0.4, 0.5) is 17.6 Å². The lowest BCUT2D eigenvalue weighted by Crippen LogP contribution is -2.62. The van der Waals surface area contributed by atoms with Gasteiger partial charge in [-0.25, -0.2) is 9.37 Å². The van der Waals surface area contributed by atoms with E-state index in [0.717, 1.165) is 31.4 Å². The first-order valence-corrected chi connectivity index (χ1v) is 11.9. The zero-order valence-electron chi connectivity index (χ0n) is 19.3. The molecule has 1 spiro atoms. The third kappa shape index (κ3) is 3.86. The van der Waals surface area contributed by atoms with Crippen molar-refractivity contribution in [3.05, 3.63) is 41.3 Å². The summed E-state index contributed by atoms with van der Waals surface area (Å²) in [6.45, 7) is 4.93. The van der Waals surface area contributed by atoms with Crippen molar-refractivity contribution in [3.8, 4) is 0 Å². The minimum absolute atomic E-state index is 0.0680. The third-order valence-corrected chi connectivity index (χ3v) is 7.79. The van der Waals surface area contributed by atoms with Crippen LogP contribution in [0.2, 0.25) is 0 Å². The second-order valence-corrected chi connectivity index (χ2v) is 10.1. The molecule has 1 aliphatic carbocycles. The van der Waals surface area contributed by atoms with Crippen molar-refractivity contribution in [2.75, 3.05) is 6.61 Å². The molecule has 0 radical (unpaired) electrons. The molecule has 184 valence electrons. The van der Waals surface area contributed by atoms with Crippen molar-refractivity contribution in [1.29, 1.82) is 0 Å². The highest BCUT2D eigenvalue weighted by Gasteiger charge is 2.59. The summed E-state index contributed by atoms with van der Waals surface area (Å²) in [5.41, 5.74) is -1.55. The second-order valence-electron chi connectivity index (χ2n) is 10.1. The first kappa shape index (κ1) is 23.5. The molecule has 1 aromatic heterocycles. The van der Waals surface area contributed by atoms with Crippen LogP contribution in [-0.2, 0) is 22.3 Å². The molecule has 1 amide bonds. The minimum atomic E-state index is -4.66. The molecule has 34 heavy (non-hydrogen) atoms. The van der Waals surface area contributed by atoms with E-state index in [1.807, 2.05) is 4.90 Å². The number of aromatic nitrogens is 1. The van der Waals surface area contributed by atoms with Gasteiger partial charge in [-0.1, -0.05) is 26.0 Å². The van der Waals surface area contributed by atoms with E-state index in [1.165, 1.54) is 6.07 Å². The number of fused-ring (bicyclic) bond motifs is 1. The third-order valence-electron chi connectivity index (χ3n) is 7.79. The monoisotopic (exact) mass is 479 g/mol. The van der Waals surface area contributed by atoms with Gasteiger partial charge in [0.25, 0.3) is 0 Å². The first-order chi connectivity index (χ1) is 16.1. The van der Waals surface area contributed by atoms with Crippen molar-refractivity contribution < 1.29 is 27.1 Å². The van der Waals surface area contributed by atoms with E-state index in [-0.39, 0.29) is 36.0 Å². The van der Waals surface area contributed by atoms with Gasteiger partial charge in [-0.2, -0.15) is 13.2 Å². The van der Waals surface area contributed by atoms with E-state index < -0.39 is 23.4 Å². The molecule has 0 unspecified atom stereocenters. The Bertz CT molecular complexity index is 1110.